The van der Waals surface area contributed by atoms with Gasteiger partial charge in [0.15, 0.2) is 0 Å². The maximum Gasteiger partial charge on any atom is 0.251 e. The first-order chi connectivity index (χ1) is 7.91. The van der Waals surface area contributed by atoms with Crippen LogP contribution in [0.25, 0.3) is 0 Å². The fourth-order valence-electron chi connectivity index (χ4n) is 1.41. The molecule has 0 fully saturated rings. The lowest BCUT2D eigenvalue weighted by Gasteiger charge is -2.18. The summed E-state index contributed by atoms with van der Waals surface area (Å²) in [5, 5.41) is 2.62. The highest BCUT2D eigenvalue weighted by molar-refractivity contribution is 5.97. The lowest BCUT2D eigenvalue weighted by atomic mass is 10.1. The highest BCUT2D eigenvalue weighted by Gasteiger charge is 2.17. The minimum atomic E-state index is -0.557. The molecule has 3 N–H and O–H groups in total. The van der Waals surface area contributed by atoms with E-state index in [0.717, 1.165) is 0 Å². The van der Waals surface area contributed by atoms with Crippen LogP contribution in [0.3, 0.4) is 0 Å². The number of nitrogens with two attached hydrogens (primary N) is 1. The highest BCUT2D eigenvalue weighted by atomic mass is 16.2. The average Bonchev–Trinajstić information content (AvgIpc) is 2.27. The van der Waals surface area contributed by atoms with Gasteiger partial charge in [-0.3, -0.25) is 9.59 Å². The van der Waals surface area contributed by atoms with Crippen molar-refractivity contribution in [2.24, 2.45) is 0 Å². The molecule has 1 atom stereocenters. The maximum atomic E-state index is 11.8. The molecule has 5 nitrogen and oxygen atoms in total. The molecule has 0 aliphatic heterocycles. The molecule has 92 valence electrons. The lowest BCUT2D eigenvalue weighted by molar-refractivity contribution is -0.130. The average molecular weight is 235 g/mol. The Morgan fingerprint density at radius 3 is 2.53 bits per heavy atom. The van der Waals surface area contributed by atoms with Crippen LogP contribution in [0, 0.1) is 0 Å². The predicted molar refractivity (Wildman–Crippen MR) is 66.5 cm³/mol. The number of nitrogens with zero attached hydrogens (tertiary/aromatic N) is 1. The van der Waals surface area contributed by atoms with Gasteiger partial charge < -0.3 is 16.0 Å². The number of benzene rings is 1. The van der Waals surface area contributed by atoms with E-state index >= 15 is 0 Å². The third-order valence-corrected chi connectivity index (χ3v) is 2.31. The van der Waals surface area contributed by atoms with Crippen molar-refractivity contribution in [1.29, 1.82) is 0 Å². The topological polar surface area (TPSA) is 75.4 Å². The van der Waals surface area contributed by atoms with Gasteiger partial charge in [-0.1, -0.05) is 6.07 Å². The normalized spacial score (nSPS) is 11.7. The van der Waals surface area contributed by atoms with Gasteiger partial charge in [0, 0.05) is 25.3 Å². The minimum Gasteiger partial charge on any atom is -0.399 e. The molecule has 5 heteroatoms. The molecule has 1 unspecified atom stereocenters. The Balaban J connectivity index is 2.70. The van der Waals surface area contributed by atoms with E-state index in [-0.39, 0.29) is 11.8 Å². The Morgan fingerprint density at radius 1 is 1.35 bits per heavy atom. The Morgan fingerprint density at radius 2 is 2.00 bits per heavy atom. The van der Waals surface area contributed by atoms with Crippen LogP contribution in [0.15, 0.2) is 24.3 Å². The monoisotopic (exact) mass is 235 g/mol. The summed E-state index contributed by atoms with van der Waals surface area (Å²) in [4.78, 5) is 24.8. The largest absolute Gasteiger partial charge is 0.399 e. The van der Waals surface area contributed by atoms with Gasteiger partial charge in [-0.2, -0.15) is 0 Å². The Labute approximate surface area is 101 Å². The summed E-state index contributed by atoms with van der Waals surface area (Å²) in [6.45, 7) is 1.65. The number of rotatable bonds is 3. The number of carbonyl (C=O) groups excluding carboxylic acids is 2. The SMILES string of the molecule is CC(NC(=O)c1cccc(N)c1)C(=O)N(C)C. The molecule has 2 amide bonds. The zero-order valence-corrected chi connectivity index (χ0v) is 10.2. The first kappa shape index (κ1) is 13.0. The van der Waals surface area contributed by atoms with Crippen LogP contribution in [-0.2, 0) is 4.79 Å². The van der Waals surface area contributed by atoms with Crippen LogP contribution in [0.4, 0.5) is 5.69 Å². The number of hydrogen-bond donors (Lipinski definition) is 2. The Bertz CT molecular complexity index is 430. The molecule has 0 aliphatic rings. The molecule has 17 heavy (non-hydrogen) atoms. The fraction of sp³-hybridized carbons (Fsp3) is 0.333. The first-order valence-electron chi connectivity index (χ1n) is 5.29. The second-order valence-electron chi connectivity index (χ2n) is 4.05. The van der Waals surface area contributed by atoms with Crippen LogP contribution in [-0.4, -0.2) is 36.9 Å². The van der Waals surface area contributed by atoms with Crippen molar-refractivity contribution < 1.29 is 9.59 Å². The Kier molecular flexibility index (Phi) is 4.09. The number of nitrogen functional groups attached to an aromatic ring is 1. The van der Waals surface area contributed by atoms with Crippen LogP contribution in [0.1, 0.15) is 17.3 Å². The zero-order chi connectivity index (χ0) is 13.0. The molecule has 0 heterocycles. The van der Waals surface area contributed by atoms with Gasteiger partial charge in [0.1, 0.15) is 6.04 Å². The fourth-order valence-corrected chi connectivity index (χ4v) is 1.41. The summed E-state index contributed by atoms with van der Waals surface area (Å²) in [7, 11) is 3.29. The van der Waals surface area contributed by atoms with Crippen LogP contribution >= 0.6 is 0 Å². The smallest absolute Gasteiger partial charge is 0.251 e. The second-order valence-corrected chi connectivity index (χ2v) is 4.05. The molecule has 0 saturated carbocycles. The third-order valence-electron chi connectivity index (χ3n) is 2.31. The number of carbonyl (C=O) groups is 2. The molecule has 0 aliphatic carbocycles. The molecule has 0 spiro atoms. The van der Waals surface area contributed by atoms with Gasteiger partial charge in [-0.05, 0) is 25.1 Å². The van der Waals surface area contributed by atoms with Gasteiger partial charge >= 0.3 is 0 Å². The van der Waals surface area contributed by atoms with E-state index in [1.165, 1.54) is 4.90 Å². The van der Waals surface area contributed by atoms with E-state index < -0.39 is 6.04 Å². The quantitative estimate of drug-likeness (QED) is 0.748. The van der Waals surface area contributed by atoms with Gasteiger partial charge in [0.2, 0.25) is 5.91 Å². The third kappa shape index (κ3) is 3.48. The number of hydrogen-bond acceptors (Lipinski definition) is 3. The van der Waals surface area contributed by atoms with E-state index in [1.807, 2.05) is 0 Å². The van der Waals surface area contributed by atoms with Crippen molar-refractivity contribution in [2.45, 2.75) is 13.0 Å². The zero-order valence-electron chi connectivity index (χ0n) is 10.2. The van der Waals surface area contributed by atoms with Crippen molar-refractivity contribution >= 4 is 17.5 Å². The lowest BCUT2D eigenvalue weighted by Crippen LogP contribution is -2.44. The van der Waals surface area contributed by atoms with Crippen molar-refractivity contribution in [3.05, 3.63) is 29.8 Å². The maximum absolute atomic E-state index is 11.8. The first-order valence-corrected chi connectivity index (χ1v) is 5.29. The van der Waals surface area contributed by atoms with Crippen LogP contribution in [0.2, 0.25) is 0 Å². The number of nitrogens with one attached hydrogen (secondary N) is 1. The molecule has 1 aromatic carbocycles. The molecule has 1 rings (SSSR count). The van der Waals surface area contributed by atoms with Crippen molar-refractivity contribution in [3.8, 4) is 0 Å². The summed E-state index contributed by atoms with van der Waals surface area (Å²) in [5.41, 5.74) is 6.55. The van der Waals surface area contributed by atoms with Gasteiger partial charge in [0.25, 0.3) is 5.91 Å². The van der Waals surface area contributed by atoms with Gasteiger partial charge in [0.05, 0.1) is 0 Å². The highest BCUT2D eigenvalue weighted by Crippen LogP contribution is 2.06. The Hall–Kier alpha value is -2.04. The van der Waals surface area contributed by atoms with E-state index in [0.29, 0.717) is 11.3 Å². The molecule has 0 saturated heterocycles. The summed E-state index contributed by atoms with van der Waals surface area (Å²) in [6, 6.07) is 6.06. The number of likely N-dealkylation sites (N-methyl/N-ethyl adjacent to an activating group) is 1. The summed E-state index contributed by atoms with van der Waals surface area (Å²) in [6.07, 6.45) is 0. The second kappa shape index (κ2) is 5.34. The predicted octanol–water partition coefficient (Wildman–Crippen LogP) is 0.475. The molecule has 0 bridgehead atoms. The molecule has 0 radical (unpaired) electrons. The summed E-state index contributed by atoms with van der Waals surface area (Å²) < 4.78 is 0. The number of amides is 2. The van der Waals surface area contributed by atoms with Gasteiger partial charge in [-0.25, -0.2) is 0 Å². The molecular weight excluding hydrogens is 218 g/mol. The molecular formula is C12H17N3O2. The van der Waals surface area contributed by atoms with Crippen molar-refractivity contribution in [1.82, 2.24) is 10.2 Å². The van der Waals surface area contributed by atoms with E-state index in [2.05, 4.69) is 5.32 Å². The van der Waals surface area contributed by atoms with Crippen LogP contribution in [0.5, 0.6) is 0 Å². The van der Waals surface area contributed by atoms with Crippen LogP contribution < -0.4 is 11.1 Å². The van der Waals surface area contributed by atoms with E-state index in [4.69, 9.17) is 5.73 Å². The minimum absolute atomic E-state index is 0.151. The summed E-state index contributed by atoms with van der Waals surface area (Å²) in [5.74, 6) is -0.456. The summed E-state index contributed by atoms with van der Waals surface area (Å²) >= 11 is 0. The number of anilines is 1. The standard InChI is InChI=1S/C12H17N3O2/c1-8(12(17)15(2)3)14-11(16)9-5-4-6-10(13)7-9/h4-8H,13H2,1-3H3,(H,14,16). The molecule has 0 aromatic heterocycles. The van der Waals surface area contributed by atoms with Crippen molar-refractivity contribution in [2.75, 3.05) is 19.8 Å². The van der Waals surface area contributed by atoms with Gasteiger partial charge in [-0.15, -0.1) is 0 Å². The molecule has 1 aromatic rings. The van der Waals surface area contributed by atoms with Crippen molar-refractivity contribution in [3.63, 3.8) is 0 Å². The van der Waals surface area contributed by atoms with E-state index in [1.54, 1.807) is 45.3 Å². The van der Waals surface area contributed by atoms with E-state index in [9.17, 15) is 9.59 Å².